The number of methoxy groups -OCH3 is 1. The maximum absolute atomic E-state index is 6.08. The quantitative estimate of drug-likeness (QED) is 0.876. The first-order valence-electron chi connectivity index (χ1n) is 7.36. The van der Waals surface area contributed by atoms with E-state index in [1.54, 1.807) is 7.11 Å². The summed E-state index contributed by atoms with van der Waals surface area (Å²) in [5, 5.41) is 0. The van der Waals surface area contributed by atoms with Crippen LogP contribution in [-0.4, -0.2) is 13.7 Å². The predicted octanol–water partition coefficient (Wildman–Crippen LogP) is 3.46. The molecule has 2 N–H and O–H groups in total. The largest absolute Gasteiger partial charge is 0.496 e. The van der Waals surface area contributed by atoms with Crippen LogP contribution in [0.5, 0.6) is 5.75 Å². The van der Waals surface area contributed by atoms with Gasteiger partial charge in [-0.2, -0.15) is 0 Å². The van der Waals surface area contributed by atoms with Gasteiger partial charge < -0.3 is 15.4 Å². The molecule has 2 aromatic carbocycles. The first-order chi connectivity index (χ1) is 10.1. The van der Waals surface area contributed by atoms with Crippen LogP contribution in [0.15, 0.2) is 30.3 Å². The Morgan fingerprint density at radius 1 is 1.19 bits per heavy atom. The third kappa shape index (κ3) is 2.56. The Morgan fingerprint density at radius 2 is 2.00 bits per heavy atom. The average molecular weight is 282 g/mol. The molecule has 0 saturated carbocycles. The summed E-state index contributed by atoms with van der Waals surface area (Å²) in [6.45, 7) is 6.08. The van der Waals surface area contributed by atoms with Gasteiger partial charge in [-0.05, 0) is 43.5 Å². The van der Waals surface area contributed by atoms with Gasteiger partial charge in [-0.25, -0.2) is 0 Å². The maximum Gasteiger partial charge on any atom is 0.123 e. The van der Waals surface area contributed by atoms with Crippen molar-refractivity contribution < 1.29 is 4.74 Å². The summed E-state index contributed by atoms with van der Waals surface area (Å²) in [6, 6.07) is 10.7. The van der Waals surface area contributed by atoms with Crippen LogP contribution >= 0.6 is 0 Å². The minimum Gasteiger partial charge on any atom is -0.496 e. The third-order valence-corrected chi connectivity index (χ3v) is 4.26. The summed E-state index contributed by atoms with van der Waals surface area (Å²) in [4.78, 5) is 2.39. The van der Waals surface area contributed by atoms with E-state index in [9.17, 15) is 0 Å². The summed E-state index contributed by atoms with van der Waals surface area (Å²) >= 11 is 0. The first-order valence-corrected chi connectivity index (χ1v) is 7.36. The molecule has 2 aromatic rings. The monoisotopic (exact) mass is 282 g/mol. The fourth-order valence-electron chi connectivity index (χ4n) is 3.04. The number of nitrogen functional groups attached to an aromatic ring is 1. The molecule has 3 nitrogen and oxygen atoms in total. The number of hydrogen-bond acceptors (Lipinski definition) is 3. The Balaban J connectivity index is 1.92. The molecular weight excluding hydrogens is 260 g/mol. The highest BCUT2D eigenvalue weighted by Gasteiger charge is 2.21. The van der Waals surface area contributed by atoms with Crippen molar-refractivity contribution in [2.24, 2.45) is 0 Å². The zero-order valence-electron chi connectivity index (χ0n) is 12.9. The summed E-state index contributed by atoms with van der Waals surface area (Å²) in [5.41, 5.74) is 13.3. The van der Waals surface area contributed by atoms with Gasteiger partial charge in [0.05, 0.1) is 7.11 Å². The van der Waals surface area contributed by atoms with E-state index in [2.05, 4.69) is 43.0 Å². The second kappa shape index (κ2) is 5.32. The van der Waals surface area contributed by atoms with E-state index in [-0.39, 0.29) is 0 Å². The van der Waals surface area contributed by atoms with Crippen molar-refractivity contribution in [3.05, 3.63) is 52.6 Å². The van der Waals surface area contributed by atoms with E-state index >= 15 is 0 Å². The number of aryl methyl sites for hydroxylation is 2. The lowest BCUT2D eigenvalue weighted by Crippen LogP contribution is -2.20. The second-order valence-electron chi connectivity index (χ2n) is 5.82. The Kier molecular flexibility index (Phi) is 3.50. The maximum atomic E-state index is 6.08. The SMILES string of the molecule is COc1ccc(C)cc1CN1CCc2cc(C)c(N)cc21. The molecule has 0 saturated heterocycles. The normalized spacial score (nSPS) is 13.4. The van der Waals surface area contributed by atoms with E-state index in [0.29, 0.717) is 0 Å². The molecule has 0 amide bonds. The van der Waals surface area contributed by atoms with Crippen molar-refractivity contribution in [1.29, 1.82) is 0 Å². The van der Waals surface area contributed by atoms with Crippen LogP contribution in [0.3, 0.4) is 0 Å². The Labute approximate surface area is 126 Å². The lowest BCUT2D eigenvalue weighted by Gasteiger charge is -2.22. The molecule has 21 heavy (non-hydrogen) atoms. The highest BCUT2D eigenvalue weighted by molar-refractivity contribution is 5.67. The number of benzene rings is 2. The van der Waals surface area contributed by atoms with Crippen LogP contribution in [0.25, 0.3) is 0 Å². The number of fused-ring (bicyclic) bond motifs is 1. The minimum atomic E-state index is 0.861. The molecule has 110 valence electrons. The number of nitrogens with zero attached hydrogens (tertiary/aromatic N) is 1. The number of ether oxygens (including phenoxy) is 1. The molecule has 1 heterocycles. The van der Waals surface area contributed by atoms with E-state index < -0.39 is 0 Å². The molecule has 0 atom stereocenters. The molecule has 0 radical (unpaired) electrons. The number of hydrogen-bond donors (Lipinski definition) is 1. The zero-order valence-corrected chi connectivity index (χ0v) is 12.9. The summed E-state index contributed by atoms with van der Waals surface area (Å²) in [5.74, 6) is 0.953. The Bertz CT molecular complexity index is 679. The molecule has 0 spiro atoms. The Morgan fingerprint density at radius 3 is 2.76 bits per heavy atom. The Hall–Kier alpha value is -2.16. The van der Waals surface area contributed by atoms with Gasteiger partial charge >= 0.3 is 0 Å². The van der Waals surface area contributed by atoms with Gasteiger partial charge in [0.25, 0.3) is 0 Å². The van der Waals surface area contributed by atoms with Crippen molar-refractivity contribution in [2.75, 3.05) is 24.3 Å². The van der Waals surface area contributed by atoms with Gasteiger partial charge in [-0.15, -0.1) is 0 Å². The van der Waals surface area contributed by atoms with Crippen molar-refractivity contribution in [2.45, 2.75) is 26.8 Å². The van der Waals surface area contributed by atoms with Crippen LogP contribution in [0.4, 0.5) is 11.4 Å². The smallest absolute Gasteiger partial charge is 0.123 e. The molecule has 0 bridgehead atoms. The molecule has 0 aromatic heterocycles. The number of nitrogens with two attached hydrogens (primary N) is 1. The van der Waals surface area contributed by atoms with Gasteiger partial charge in [0.1, 0.15) is 5.75 Å². The van der Waals surface area contributed by atoms with Crippen molar-refractivity contribution in [3.8, 4) is 5.75 Å². The zero-order chi connectivity index (χ0) is 15.0. The standard InChI is InChI=1S/C18H22N2O/c1-12-4-5-18(21-3)15(8-12)11-20-7-6-14-9-13(2)16(19)10-17(14)20/h4-5,8-10H,6-7,11,19H2,1-3H3. The first kappa shape index (κ1) is 13.8. The second-order valence-corrected chi connectivity index (χ2v) is 5.82. The van der Waals surface area contributed by atoms with Crippen LogP contribution in [-0.2, 0) is 13.0 Å². The van der Waals surface area contributed by atoms with E-state index in [1.165, 1.54) is 27.9 Å². The van der Waals surface area contributed by atoms with Crippen molar-refractivity contribution >= 4 is 11.4 Å². The van der Waals surface area contributed by atoms with Gasteiger partial charge in [0.2, 0.25) is 0 Å². The lowest BCUT2D eigenvalue weighted by atomic mass is 10.1. The van der Waals surface area contributed by atoms with E-state index in [4.69, 9.17) is 10.5 Å². The lowest BCUT2D eigenvalue weighted by molar-refractivity contribution is 0.409. The average Bonchev–Trinajstić information content (AvgIpc) is 2.82. The topological polar surface area (TPSA) is 38.5 Å². The highest BCUT2D eigenvalue weighted by Crippen LogP contribution is 2.34. The molecule has 1 aliphatic rings. The van der Waals surface area contributed by atoms with Crippen LogP contribution in [0, 0.1) is 13.8 Å². The molecule has 3 rings (SSSR count). The molecule has 0 unspecified atom stereocenters. The van der Waals surface area contributed by atoms with Crippen molar-refractivity contribution in [1.82, 2.24) is 0 Å². The molecule has 0 fully saturated rings. The third-order valence-electron chi connectivity index (χ3n) is 4.26. The predicted molar refractivity (Wildman–Crippen MR) is 88.1 cm³/mol. The molecule has 3 heteroatoms. The number of anilines is 2. The fraction of sp³-hybridized carbons (Fsp3) is 0.333. The van der Waals surface area contributed by atoms with Gasteiger partial charge in [-0.1, -0.05) is 23.8 Å². The van der Waals surface area contributed by atoms with E-state index in [1.807, 2.05) is 6.07 Å². The number of rotatable bonds is 3. The minimum absolute atomic E-state index is 0.861. The summed E-state index contributed by atoms with van der Waals surface area (Å²) < 4.78 is 5.49. The van der Waals surface area contributed by atoms with Crippen molar-refractivity contribution in [3.63, 3.8) is 0 Å². The van der Waals surface area contributed by atoms with Crippen LogP contribution < -0.4 is 15.4 Å². The summed E-state index contributed by atoms with van der Waals surface area (Å²) in [7, 11) is 1.73. The summed E-state index contributed by atoms with van der Waals surface area (Å²) in [6.07, 6.45) is 1.09. The molecule has 0 aliphatic carbocycles. The highest BCUT2D eigenvalue weighted by atomic mass is 16.5. The van der Waals surface area contributed by atoms with Crippen LogP contribution in [0.1, 0.15) is 22.3 Å². The van der Waals surface area contributed by atoms with Gasteiger partial charge in [0, 0.05) is 30.0 Å². The van der Waals surface area contributed by atoms with E-state index in [0.717, 1.165) is 30.9 Å². The molecular formula is C18H22N2O. The van der Waals surface area contributed by atoms with Crippen LogP contribution in [0.2, 0.25) is 0 Å². The fourth-order valence-corrected chi connectivity index (χ4v) is 3.04. The van der Waals surface area contributed by atoms with Gasteiger partial charge in [0.15, 0.2) is 0 Å². The van der Waals surface area contributed by atoms with Gasteiger partial charge in [-0.3, -0.25) is 0 Å². The molecule has 1 aliphatic heterocycles.